The van der Waals surface area contributed by atoms with Crippen molar-refractivity contribution in [3.05, 3.63) is 83.0 Å². The minimum atomic E-state index is -0.755. The van der Waals surface area contributed by atoms with Crippen LogP contribution in [-0.4, -0.2) is 51.5 Å². The molecule has 0 saturated carbocycles. The van der Waals surface area contributed by atoms with Crippen molar-refractivity contribution in [1.29, 1.82) is 0 Å². The Bertz CT molecular complexity index is 1100. The third kappa shape index (κ3) is 5.97. The number of nitrogens with one attached hydrogen (secondary N) is 1. The van der Waals surface area contributed by atoms with Gasteiger partial charge in [-0.2, -0.15) is 5.10 Å². The van der Waals surface area contributed by atoms with Gasteiger partial charge in [-0.25, -0.2) is 4.79 Å². The van der Waals surface area contributed by atoms with Crippen molar-refractivity contribution >= 4 is 11.8 Å². The van der Waals surface area contributed by atoms with Crippen LogP contribution in [0, 0.1) is 13.8 Å². The van der Waals surface area contributed by atoms with Gasteiger partial charge < -0.3 is 20.2 Å². The zero-order valence-electron chi connectivity index (χ0n) is 20.3. The van der Waals surface area contributed by atoms with E-state index in [2.05, 4.69) is 21.4 Å². The van der Waals surface area contributed by atoms with Crippen molar-refractivity contribution in [2.75, 3.05) is 24.5 Å². The molecule has 4 rings (SSSR count). The maximum absolute atomic E-state index is 13.4. The molecule has 3 aromatic rings. The number of anilines is 1. The number of nitrogens with zero attached hydrogens (tertiary/aromatic N) is 4. The van der Waals surface area contributed by atoms with Crippen molar-refractivity contribution in [3.63, 3.8) is 0 Å². The van der Waals surface area contributed by atoms with Crippen molar-refractivity contribution in [1.82, 2.24) is 20.0 Å². The fourth-order valence-corrected chi connectivity index (χ4v) is 4.68. The molecule has 7 nitrogen and oxygen atoms in total. The van der Waals surface area contributed by atoms with Gasteiger partial charge in [0.15, 0.2) is 0 Å². The van der Waals surface area contributed by atoms with Crippen molar-refractivity contribution < 1.29 is 9.90 Å². The summed E-state index contributed by atoms with van der Waals surface area (Å²) in [6.45, 7) is 6.35. The first-order chi connectivity index (χ1) is 16.4. The smallest absolute Gasteiger partial charge is 0.318 e. The standard InChI is InChI=1S/C27H35N5O2/c1-20-9-7-12-23(15-20)25(33)19-32(17-22-10-5-4-6-11-22)27(34)28-24-13-8-14-31(18-24)26-16-21(2)29-30(26)3/h4-7,9-12,15-16,24-25,33H,8,13-14,17-19H2,1-3H3,(H,28,34). The fraction of sp³-hybridized carbons (Fsp3) is 0.407. The molecule has 0 radical (unpaired) electrons. The lowest BCUT2D eigenvalue weighted by atomic mass is 10.1. The van der Waals surface area contributed by atoms with Crippen molar-refractivity contribution in [2.45, 2.75) is 45.4 Å². The van der Waals surface area contributed by atoms with Crippen LogP contribution in [0.3, 0.4) is 0 Å². The Labute approximate surface area is 202 Å². The highest BCUT2D eigenvalue weighted by atomic mass is 16.3. The Morgan fingerprint density at radius 2 is 1.97 bits per heavy atom. The van der Waals surface area contributed by atoms with Gasteiger partial charge in [-0.1, -0.05) is 60.2 Å². The first-order valence-corrected chi connectivity index (χ1v) is 12.0. The summed E-state index contributed by atoms with van der Waals surface area (Å²) >= 11 is 0. The van der Waals surface area contributed by atoms with Gasteiger partial charge >= 0.3 is 6.03 Å². The number of hydrogen-bond donors (Lipinski definition) is 2. The zero-order chi connectivity index (χ0) is 24.1. The van der Waals surface area contributed by atoms with E-state index in [1.165, 1.54) is 0 Å². The second-order valence-electron chi connectivity index (χ2n) is 9.30. The number of carbonyl (C=O) groups is 1. The van der Waals surface area contributed by atoms with E-state index in [1.807, 2.05) is 80.2 Å². The van der Waals surface area contributed by atoms with Gasteiger partial charge in [-0.15, -0.1) is 0 Å². The molecule has 2 atom stereocenters. The summed E-state index contributed by atoms with van der Waals surface area (Å²) in [5.74, 6) is 1.08. The third-order valence-electron chi connectivity index (χ3n) is 6.37. The molecule has 1 aromatic heterocycles. The van der Waals surface area contributed by atoms with Crippen LogP contribution >= 0.6 is 0 Å². The van der Waals surface area contributed by atoms with E-state index < -0.39 is 6.10 Å². The van der Waals surface area contributed by atoms with Crippen molar-refractivity contribution in [2.24, 2.45) is 7.05 Å². The molecular formula is C27H35N5O2. The van der Waals surface area contributed by atoms with Crippen LogP contribution < -0.4 is 10.2 Å². The molecule has 180 valence electrons. The number of urea groups is 1. The number of aryl methyl sites for hydroxylation is 3. The number of aliphatic hydroxyl groups is 1. The summed E-state index contributed by atoms with van der Waals surface area (Å²) in [4.78, 5) is 17.4. The Hall–Kier alpha value is -3.32. The van der Waals surface area contributed by atoms with Crippen LogP contribution in [0.1, 0.15) is 41.3 Å². The molecule has 1 fully saturated rings. The van der Waals surface area contributed by atoms with Crippen molar-refractivity contribution in [3.8, 4) is 0 Å². The zero-order valence-corrected chi connectivity index (χ0v) is 20.3. The van der Waals surface area contributed by atoms with Gasteiger partial charge in [0.25, 0.3) is 0 Å². The largest absolute Gasteiger partial charge is 0.387 e. The van der Waals surface area contributed by atoms with Gasteiger partial charge in [-0.3, -0.25) is 4.68 Å². The molecule has 2 N–H and O–H groups in total. The average molecular weight is 462 g/mol. The van der Waals surface area contributed by atoms with E-state index in [4.69, 9.17) is 0 Å². The highest BCUT2D eigenvalue weighted by Gasteiger charge is 2.26. The normalized spacial score (nSPS) is 16.8. The fourth-order valence-electron chi connectivity index (χ4n) is 4.68. The lowest BCUT2D eigenvalue weighted by molar-refractivity contribution is 0.116. The molecule has 2 aromatic carbocycles. The molecule has 0 spiro atoms. The number of aliphatic hydroxyl groups excluding tert-OH is 1. The van der Waals surface area contributed by atoms with Gasteiger partial charge in [0.05, 0.1) is 18.3 Å². The maximum atomic E-state index is 13.4. The molecule has 1 saturated heterocycles. The number of piperidine rings is 1. The molecule has 0 bridgehead atoms. The minimum absolute atomic E-state index is 0.0332. The SMILES string of the molecule is Cc1cccc(C(O)CN(Cc2ccccc2)C(=O)NC2CCCN(c3cc(C)nn3C)C2)c1. The molecule has 34 heavy (non-hydrogen) atoms. The molecule has 7 heteroatoms. The van der Waals surface area contributed by atoms with Crippen LogP contribution in [0.4, 0.5) is 10.6 Å². The lowest BCUT2D eigenvalue weighted by Crippen LogP contribution is -2.52. The van der Waals surface area contributed by atoms with Crippen LogP contribution in [0.25, 0.3) is 0 Å². The van der Waals surface area contributed by atoms with Gasteiger partial charge in [0.2, 0.25) is 0 Å². The first-order valence-electron chi connectivity index (χ1n) is 12.0. The molecule has 0 aliphatic carbocycles. The molecule has 1 aliphatic rings. The average Bonchev–Trinajstić information content (AvgIpc) is 3.17. The Morgan fingerprint density at radius 1 is 1.18 bits per heavy atom. The Morgan fingerprint density at radius 3 is 2.68 bits per heavy atom. The highest BCUT2D eigenvalue weighted by Crippen LogP contribution is 2.21. The predicted molar refractivity (Wildman–Crippen MR) is 135 cm³/mol. The first kappa shape index (κ1) is 23.8. The second kappa shape index (κ2) is 10.7. The quantitative estimate of drug-likeness (QED) is 0.559. The molecule has 2 unspecified atom stereocenters. The van der Waals surface area contributed by atoms with E-state index in [0.717, 1.165) is 54.1 Å². The maximum Gasteiger partial charge on any atom is 0.318 e. The summed E-state index contributed by atoms with van der Waals surface area (Å²) < 4.78 is 1.90. The summed E-state index contributed by atoms with van der Waals surface area (Å²) in [5.41, 5.74) is 3.93. The Balaban J connectivity index is 1.46. The van der Waals surface area contributed by atoms with E-state index in [9.17, 15) is 9.90 Å². The number of benzene rings is 2. The lowest BCUT2D eigenvalue weighted by Gasteiger charge is -2.36. The highest BCUT2D eigenvalue weighted by molar-refractivity contribution is 5.74. The van der Waals surface area contributed by atoms with Crippen LogP contribution in [0.5, 0.6) is 0 Å². The van der Waals surface area contributed by atoms with Crippen LogP contribution in [0.2, 0.25) is 0 Å². The predicted octanol–water partition coefficient (Wildman–Crippen LogP) is 3.95. The number of aromatic nitrogens is 2. The topological polar surface area (TPSA) is 73.6 Å². The number of hydrogen-bond acceptors (Lipinski definition) is 4. The summed E-state index contributed by atoms with van der Waals surface area (Å²) in [7, 11) is 1.96. The summed E-state index contributed by atoms with van der Waals surface area (Å²) in [6.07, 6.45) is 1.17. The van der Waals surface area contributed by atoms with E-state index in [0.29, 0.717) is 6.54 Å². The number of carbonyl (C=O) groups excluding carboxylic acids is 1. The van der Waals surface area contributed by atoms with Crippen LogP contribution in [0.15, 0.2) is 60.7 Å². The second-order valence-corrected chi connectivity index (χ2v) is 9.30. The summed E-state index contributed by atoms with van der Waals surface area (Å²) in [5, 5.41) is 18.6. The van der Waals surface area contributed by atoms with E-state index in [1.54, 1.807) is 4.90 Å². The van der Waals surface area contributed by atoms with E-state index >= 15 is 0 Å². The van der Waals surface area contributed by atoms with Gasteiger partial charge in [0.1, 0.15) is 5.82 Å². The summed E-state index contributed by atoms with van der Waals surface area (Å²) in [6, 6.07) is 19.7. The Kier molecular flexibility index (Phi) is 7.53. The van der Waals surface area contributed by atoms with Gasteiger partial charge in [-0.05, 0) is 37.8 Å². The molecule has 2 heterocycles. The monoisotopic (exact) mass is 461 g/mol. The molecule has 2 amide bonds. The van der Waals surface area contributed by atoms with Gasteiger partial charge in [0, 0.05) is 38.8 Å². The van der Waals surface area contributed by atoms with Crippen LogP contribution in [-0.2, 0) is 13.6 Å². The van der Waals surface area contributed by atoms with E-state index in [-0.39, 0.29) is 18.6 Å². The number of rotatable bonds is 7. The number of amides is 2. The minimum Gasteiger partial charge on any atom is -0.387 e. The molecule has 1 aliphatic heterocycles. The third-order valence-corrected chi connectivity index (χ3v) is 6.37. The molecular weight excluding hydrogens is 426 g/mol.